The highest BCUT2D eigenvalue weighted by Gasteiger charge is 2.30. The van der Waals surface area contributed by atoms with Gasteiger partial charge in [-0.2, -0.15) is 5.26 Å². The summed E-state index contributed by atoms with van der Waals surface area (Å²) in [7, 11) is 0. The van der Waals surface area contributed by atoms with Gasteiger partial charge in [0, 0.05) is 28.8 Å². The summed E-state index contributed by atoms with van der Waals surface area (Å²) in [5, 5.41) is 9.10. The summed E-state index contributed by atoms with van der Waals surface area (Å²) >= 11 is 0. The number of hydrogen-bond donors (Lipinski definition) is 0. The highest BCUT2D eigenvalue weighted by Crippen LogP contribution is 2.45. The molecule has 2 aliphatic carbocycles. The summed E-state index contributed by atoms with van der Waals surface area (Å²) < 4.78 is 5.75. The molecule has 0 amide bonds. The van der Waals surface area contributed by atoms with Crippen LogP contribution in [-0.2, 0) is 0 Å². The molecule has 0 saturated heterocycles. The summed E-state index contributed by atoms with van der Waals surface area (Å²) in [4.78, 5) is 4.93. The molecule has 118 valence electrons. The van der Waals surface area contributed by atoms with Gasteiger partial charge in [0.15, 0.2) is 0 Å². The largest absolute Gasteiger partial charge is 0.489 e. The Morgan fingerprint density at radius 2 is 1.71 bits per heavy atom. The van der Waals surface area contributed by atoms with Crippen LogP contribution in [-0.4, -0.2) is 11.6 Å². The van der Waals surface area contributed by atoms with Gasteiger partial charge in [-0.15, -0.1) is 0 Å². The molecule has 1 aromatic heterocycles. The molecule has 24 heavy (non-hydrogen) atoms. The molecule has 2 saturated carbocycles. The van der Waals surface area contributed by atoms with E-state index >= 15 is 0 Å². The van der Waals surface area contributed by atoms with Gasteiger partial charge >= 0.3 is 0 Å². The minimum Gasteiger partial charge on any atom is -0.489 e. The predicted octanol–water partition coefficient (Wildman–Crippen LogP) is 4.53. The molecule has 5 rings (SSSR count). The van der Waals surface area contributed by atoms with Crippen molar-refractivity contribution in [3.63, 3.8) is 0 Å². The molecule has 2 aromatic rings. The van der Waals surface area contributed by atoms with E-state index in [2.05, 4.69) is 24.3 Å². The van der Waals surface area contributed by atoms with Gasteiger partial charge in [0.25, 0.3) is 0 Å². The zero-order chi connectivity index (χ0) is 16.1. The molecule has 3 nitrogen and oxygen atoms in total. The minimum absolute atomic E-state index is 0.553. The van der Waals surface area contributed by atoms with Gasteiger partial charge in [-0.25, -0.2) is 0 Å². The third kappa shape index (κ3) is 2.39. The Hall–Kier alpha value is -2.60. The van der Waals surface area contributed by atoms with Crippen LogP contribution in [0.4, 0.5) is 0 Å². The maximum absolute atomic E-state index is 9.10. The van der Waals surface area contributed by atoms with Crippen molar-refractivity contribution < 1.29 is 4.74 Å². The van der Waals surface area contributed by atoms with Gasteiger partial charge < -0.3 is 4.74 Å². The van der Waals surface area contributed by atoms with Gasteiger partial charge in [0.1, 0.15) is 12.4 Å². The number of rotatable bonds is 3. The highest BCUT2D eigenvalue weighted by atomic mass is 16.5. The molecule has 0 bridgehead atoms. The van der Waals surface area contributed by atoms with E-state index < -0.39 is 0 Å². The van der Waals surface area contributed by atoms with Gasteiger partial charge in [0.05, 0.1) is 11.6 Å². The lowest BCUT2D eigenvalue weighted by Crippen LogP contribution is -2.07. The van der Waals surface area contributed by atoms with Crippen LogP contribution in [0, 0.1) is 11.3 Å². The predicted molar refractivity (Wildman–Crippen MR) is 91.9 cm³/mol. The first-order chi connectivity index (χ1) is 11.8. The Morgan fingerprint density at radius 3 is 2.33 bits per heavy atom. The van der Waals surface area contributed by atoms with Crippen LogP contribution in [0.1, 0.15) is 65.6 Å². The number of hydrogen-bond acceptors (Lipinski definition) is 3. The van der Waals surface area contributed by atoms with Crippen LogP contribution in [0.25, 0.3) is 5.57 Å². The highest BCUT2D eigenvalue weighted by molar-refractivity contribution is 5.84. The van der Waals surface area contributed by atoms with E-state index in [1.165, 1.54) is 48.2 Å². The number of benzene rings is 1. The van der Waals surface area contributed by atoms with Gasteiger partial charge in [-0.3, -0.25) is 4.98 Å². The third-order valence-electron chi connectivity index (χ3n) is 5.09. The van der Waals surface area contributed by atoms with Crippen LogP contribution in [0.2, 0.25) is 0 Å². The number of nitrogens with zero attached hydrogens (tertiary/aromatic N) is 2. The van der Waals surface area contributed by atoms with Crippen molar-refractivity contribution in [3.8, 4) is 11.8 Å². The van der Waals surface area contributed by atoms with Gasteiger partial charge in [0.2, 0.25) is 0 Å². The van der Waals surface area contributed by atoms with Crippen molar-refractivity contribution in [2.24, 2.45) is 0 Å². The van der Waals surface area contributed by atoms with Crippen LogP contribution in [0.15, 0.2) is 36.4 Å². The first-order valence-corrected chi connectivity index (χ1v) is 8.71. The molecule has 0 N–H and O–H groups in total. The monoisotopic (exact) mass is 314 g/mol. The number of fused-ring (bicyclic) bond motifs is 1. The standard InChI is InChI=1S/C21H18N2O/c22-12-13-1-6-18-17(7-8-24-21(18)9-13)16-10-19(14-2-3-14)23-20(11-16)15-4-5-15/h1,6-7,9-11,14-15H,2-5,8H2. The van der Waals surface area contributed by atoms with E-state index in [1.54, 1.807) is 0 Å². The molecule has 0 radical (unpaired) electrons. The molecule has 0 spiro atoms. The Kier molecular flexibility index (Phi) is 2.99. The van der Waals surface area contributed by atoms with E-state index in [0.717, 1.165) is 11.3 Å². The average molecular weight is 314 g/mol. The van der Waals surface area contributed by atoms with Crippen molar-refractivity contribution in [1.82, 2.24) is 4.98 Å². The number of aromatic nitrogens is 1. The zero-order valence-electron chi connectivity index (χ0n) is 13.5. The normalized spacial score (nSPS) is 19.0. The summed E-state index contributed by atoms with van der Waals surface area (Å²) in [6, 6.07) is 12.4. The van der Waals surface area contributed by atoms with E-state index in [1.807, 2.05) is 18.2 Å². The van der Waals surface area contributed by atoms with E-state index in [9.17, 15) is 0 Å². The quantitative estimate of drug-likeness (QED) is 0.836. The first kappa shape index (κ1) is 13.8. The average Bonchev–Trinajstić information content (AvgIpc) is 3.51. The number of ether oxygens (including phenoxy) is 1. The molecular weight excluding hydrogens is 296 g/mol. The second-order valence-electron chi connectivity index (χ2n) is 7.01. The summed E-state index contributed by atoms with van der Waals surface area (Å²) in [5.74, 6) is 2.12. The molecule has 1 aromatic carbocycles. The molecule has 1 aliphatic heterocycles. The second kappa shape index (κ2) is 5.21. The van der Waals surface area contributed by atoms with Crippen LogP contribution in [0.5, 0.6) is 5.75 Å². The Labute approximate surface area is 141 Å². The molecule has 2 heterocycles. The molecule has 0 atom stereocenters. The third-order valence-corrected chi connectivity index (χ3v) is 5.09. The fourth-order valence-electron chi connectivity index (χ4n) is 3.44. The van der Waals surface area contributed by atoms with Crippen molar-refractivity contribution in [1.29, 1.82) is 5.26 Å². The van der Waals surface area contributed by atoms with Crippen molar-refractivity contribution in [3.05, 3.63) is 64.5 Å². The maximum Gasteiger partial charge on any atom is 0.128 e. The SMILES string of the molecule is N#Cc1ccc2c(c1)OCC=C2c1cc(C2CC2)nc(C2CC2)c1. The summed E-state index contributed by atoms with van der Waals surface area (Å²) in [6.45, 7) is 0.553. The molecule has 2 fully saturated rings. The van der Waals surface area contributed by atoms with E-state index in [4.69, 9.17) is 15.0 Å². The summed E-state index contributed by atoms with van der Waals surface area (Å²) in [5.41, 5.74) is 6.71. The fourth-order valence-corrected chi connectivity index (χ4v) is 3.44. The molecular formula is C21H18N2O. The topological polar surface area (TPSA) is 45.9 Å². The smallest absolute Gasteiger partial charge is 0.128 e. The molecule has 0 unspecified atom stereocenters. The first-order valence-electron chi connectivity index (χ1n) is 8.71. The Morgan fingerprint density at radius 1 is 1.00 bits per heavy atom. The van der Waals surface area contributed by atoms with E-state index in [-0.39, 0.29) is 0 Å². The lowest BCUT2D eigenvalue weighted by atomic mass is 9.93. The van der Waals surface area contributed by atoms with Gasteiger partial charge in [-0.05, 0) is 73.2 Å². The van der Waals surface area contributed by atoms with Crippen LogP contribution in [0.3, 0.4) is 0 Å². The zero-order valence-corrected chi connectivity index (χ0v) is 13.5. The molecule has 3 heteroatoms. The molecule has 3 aliphatic rings. The minimum atomic E-state index is 0.553. The summed E-state index contributed by atoms with van der Waals surface area (Å²) in [6.07, 6.45) is 7.22. The van der Waals surface area contributed by atoms with Gasteiger partial charge in [-0.1, -0.05) is 0 Å². The number of nitriles is 1. The second-order valence-corrected chi connectivity index (χ2v) is 7.01. The lowest BCUT2D eigenvalue weighted by Gasteiger charge is -2.20. The van der Waals surface area contributed by atoms with Crippen molar-refractivity contribution in [2.75, 3.05) is 6.61 Å². The van der Waals surface area contributed by atoms with E-state index in [0.29, 0.717) is 24.0 Å². The lowest BCUT2D eigenvalue weighted by molar-refractivity contribution is 0.357. The van der Waals surface area contributed by atoms with Crippen LogP contribution < -0.4 is 4.74 Å². The fraction of sp³-hybridized carbons (Fsp3) is 0.333. The maximum atomic E-state index is 9.10. The van der Waals surface area contributed by atoms with Crippen molar-refractivity contribution >= 4 is 5.57 Å². The van der Waals surface area contributed by atoms with Crippen LogP contribution >= 0.6 is 0 Å². The Bertz CT molecular complexity index is 868. The van der Waals surface area contributed by atoms with Crippen molar-refractivity contribution in [2.45, 2.75) is 37.5 Å². The Balaban J connectivity index is 1.61. The number of pyridine rings is 1.